The van der Waals surface area contributed by atoms with Gasteiger partial charge in [0.2, 0.25) is 0 Å². The number of anilines is 3. The lowest BCUT2D eigenvalue weighted by atomic mass is 10.0. The van der Waals surface area contributed by atoms with Crippen molar-refractivity contribution in [2.24, 2.45) is 0 Å². The summed E-state index contributed by atoms with van der Waals surface area (Å²) < 4.78 is 12.4. The summed E-state index contributed by atoms with van der Waals surface area (Å²) in [5.41, 5.74) is 10.2. The van der Waals surface area contributed by atoms with Crippen LogP contribution in [0.1, 0.15) is 0 Å². The van der Waals surface area contributed by atoms with Crippen LogP contribution in [0.2, 0.25) is 0 Å². The third-order valence-corrected chi connectivity index (χ3v) is 6.51. The highest BCUT2D eigenvalue weighted by atomic mass is 79.9. The van der Waals surface area contributed by atoms with Crippen molar-refractivity contribution in [1.29, 1.82) is 0 Å². The quantitative estimate of drug-likeness (QED) is 0.259. The number of hydrogen-bond acceptors (Lipinski definition) is 6. The molecule has 1 aromatic heterocycles. The number of nitrogens with one attached hydrogen (secondary N) is 3. The first-order valence-electron chi connectivity index (χ1n) is 11.7. The van der Waals surface area contributed by atoms with E-state index in [0.717, 1.165) is 59.4 Å². The third-order valence-electron chi connectivity index (χ3n) is 6.02. The van der Waals surface area contributed by atoms with Crippen molar-refractivity contribution in [3.8, 4) is 16.9 Å². The summed E-state index contributed by atoms with van der Waals surface area (Å²) in [7, 11) is 0. The summed E-state index contributed by atoms with van der Waals surface area (Å²) in [4.78, 5) is 14.7. The molecule has 0 spiro atoms. The molecular formula is C26H27BrN6O3. The largest absolute Gasteiger partial charge is 0.490 e. The Hall–Kier alpha value is -3.60. The number of halogens is 1. The molecule has 0 saturated carbocycles. The van der Waals surface area contributed by atoms with Crippen LogP contribution in [0.4, 0.5) is 22.0 Å². The highest BCUT2D eigenvalue weighted by Gasteiger charge is 2.16. The fourth-order valence-electron chi connectivity index (χ4n) is 4.20. The van der Waals surface area contributed by atoms with E-state index in [1.807, 2.05) is 60.7 Å². The van der Waals surface area contributed by atoms with Gasteiger partial charge in [-0.2, -0.15) is 5.10 Å². The van der Waals surface area contributed by atoms with Crippen molar-refractivity contribution in [2.45, 2.75) is 0 Å². The second-order valence-corrected chi connectivity index (χ2v) is 9.36. The van der Waals surface area contributed by atoms with Crippen LogP contribution >= 0.6 is 15.9 Å². The van der Waals surface area contributed by atoms with Gasteiger partial charge in [-0.1, -0.05) is 34.1 Å². The van der Waals surface area contributed by atoms with Gasteiger partial charge >= 0.3 is 6.03 Å². The van der Waals surface area contributed by atoms with E-state index in [1.165, 1.54) is 0 Å². The van der Waals surface area contributed by atoms with Gasteiger partial charge in [-0.3, -0.25) is 10.00 Å². The molecule has 0 radical (unpaired) electrons. The molecule has 5 N–H and O–H groups in total. The zero-order chi connectivity index (χ0) is 24.9. The van der Waals surface area contributed by atoms with Crippen LogP contribution in [0, 0.1) is 0 Å². The number of aromatic amines is 1. The first kappa shape index (κ1) is 24.1. The van der Waals surface area contributed by atoms with E-state index in [2.05, 4.69) is 41.7 Å². The molecule has 5 rings (SSSR count). The van der Waals surface area contributed by atoms with Gasteiger partial charge in [0.25, 0.3) is 0 Å². The van der Waals surface area contributed by atoms with Crippen molar-refractivity contribution in [1.82, 2.24) is 15.1 Å². The number of carbonyl (C=O) groups excluding carboxylic acids is 1. The number of urea groups is 1. The molecule has 0 bridgehead atoms. The molecule has 4 aromatic rings. The van der Waals surface area contributed by atoms with E-state index < -0.39 is 0 Å². The highest BCUT2D eigenvalue weighted by Crippen LogP contribution is 2.36. The van der Waals surface area contributed by atoms with Gasteiger partial charge < -0.3 is 25.8 Å². The van der Waals surface area contributed by atoms with Crippen LogP contribution in [0.3, 0.4) is 0 Å². The van der Waals surface area contributed by atoms with Crippen LogP contribution < -0.4 is 21.1 Å². The number of benzene rings is 3. The molecule has 2 heterocycles. The van der Waals surface area contributed by atoms with Crippen molar-refractivity contribution in [2.75, 3.05) is 55.8 Å². The smallest absolute Gasteiger partial charge is 0.323 e. The topological polar surface area (TPSA) is 118 Å². The van der Waals surface area contributed by atoms with Crippen LogP contribution in [0.25, 0.3) is 22.0 Å². The second-order valence-electron chi connectivity index (χ2n) is 8.44. The first-order chi connectivity index (χ1) is 17.6. The lowest BCUT2D eigenvalue weighted by Crippen LogP contribution is -2.38. The number of hydrogen-bond donors (Lipinski definition) is 4. The number of amides is 2. The number of rotatable bonds is 7. The summed E-state index contributed by atoms with van der Waals surface area (Å²) >= 11 is 3.40. The minimum absolute atomic E-state index is 0.319. The van der Waals surface area contributed by atoms with E-state index in [9.17, 15) is 4.79 Å². The minimum atomic E-state index is -0.319. The van der Waals surface area contributed by atoms with Crippen LogP contribution in [-0.2, 0) is 4.74 Å². The zero-order valence-corrected chi connectivity index (χ0v) is 21.2. The molecule has 3 aromatic carbocycles. The summed E-state index contributed by atoms with van der Waals surface area (Å²) in [6.07, 6.45) is 0. The summed E-state index contributed by atoms with van der Waals surface area (Å²) in [6.45, 7) is 4.77. The maximum absolute atomic E-state index is 12.4. The highest BCUT2D eigenvalue weighted by molar-refractivity contribution is 9.10. The molecule has 0 aliphatic carbocycles. The summed E-state index contributed by atoms with van der Waals surface area (Å²) in [5.74, 6) is 1.13. The molecule has 9 nitrogen and oxygen atoms in total. The molecular weight excluding hydrogens is 524 g/mol. The van der Waals surface area contributed by atoms with E-state index in [0.29, 0.717) is 29.5 Å². The number of morpholine rings is 1. The van der Waals surface area contributed by atoms with E-state index in [1.54, 1.807) is 0 Å². The summed E-state index contributed by atoms with van der Waals surface area (Å²) in [6, 6.07) is 18.6. The molecule has 1 saturated heterocycles. The van der Waals surface area contributed by atoms with Gasteiger partial charge in [0.15, 0.2) is 5.82 Å². The Morgan fingerprint density at radius 2 is 1.86 bits per heavy atom. The molecule has 0 atom stereocenters. The molecule has 36 heavy (non-hydrogen) atoms. The predicted octanol–water partition coefficient (Wildman–Crippen LogP) is 4.93. The Kier molecular flexibility index (Phi) is 7.36. The standard InChI is InChI=1S/C26H27BrN6O3/c27-18-2-1-3-20(16-18)30-26(34)29-19-6-4-17(5-7-19)21-8-9-22(24-23(21)25(28)32-31-24)36-15-12-33-10-13-35-14-11-33/h1-9,16H,10-15H2,(H3,28,31,32)(H2,29,30,34). The molecule has 0 unspecified atom stereocenters. The average molecular weight is 551 g/mol. The Morgan fingerprint density at radius 3 is 2.64 bits per heavy atom. The third kappa shape index (κ3) is 5.62. The van der Waals surface area contributed by atoms with E-state index in [-0.39, 0.29) is 6.03 Å². The number of nitrogens with two attached hydrogens (primary N) is 1. The normalized spacial score (nSPS) is 14.0. The molecule has 10 heteroatoms. The lowest BCUT2D eigenvalue weighted by Gasteiger charge is -2.26. The van der Waals surface area contributed by atoms with Gasteiger partial charge in [0, 0.05) is 35.5 Å². The van der Waals surface area contributed by atoms with Gasteiger partial charge in [0.1, 0.15) is 17.9 Å². The lowest BCUT2D eigenvalue weighted by molar-refractivity contribution is 0.0323. The number of fused-ring (bicyclic) bond motifs is 1. The van der Waals surface area contributed by atoms with Gasteiger partial charge in [0.05, 0.1) is 18.6 Å². The molecule has 2 amide bonds. The van der Waals surface area contributed by atoms with Gasteiger partial charge in [-0.05, 0) is 53.6 Å². The SMILES string of the molecule is Nc1n[nH]c2c(OCCN3CCOCC3)ccc(-c3ccc(NC(=O)Nc4cccc(Br)c4)cc3)c12. The van der Waals surface area contributed by atoms with Gasteiger partial charge in [-0.15, -0.1) is 0 Å². The van der Waals surface area contributed by atoms with Gasteiger partial charge in [-0.25, -0.2) is 4.79 Å². The number of ether oxygens (including phenoxy) is 2. The van der Waals surface area contributed by atoms with E-state index >= 15 is 0 Å². The maximum atomic E-state index is 12.4. The predicted molar refractivity (Wildman–Crippen MR) is 145 cm³/mol. The molecule has 1 aliphatic rings. The molecule has 186 valence electrons. The number of nitrogen functional groups attached to an aromatic ring is 1. The number of aromatic nitrogens is 2. The van der Waals surface area contributed by atoms with Crippen LogP contribution in [-0.4, -0.2) is 60.6 Å². The molecule has 1 fully saturated rings. The number of carbonyl (C=O) groups is 1. The van der Waals surface area contributed by atoms with E-state index in [4.69, 9.17) is 15.2 Å². The van der Waals surface area contributed by atoms with Crippen molar-refractivity contribution in [3.05, 3.63) is 65.1 Å². The monoisotopic (exact) mass is 550 g/mol. The Morgan fingerprint density at radius 1 is 1.08 bits per heavy atom. The first-order valence-corrected chi connectivity index (χ1v) is 12.5. The number of nitrogens with zero attached hydrogens (tertiary/aromatic N) is 2. The fraction of sp³-hybridized carbons (Fsp3) is 0.231. The molecule has 1 aliphatic heterocycles. The Balaban J connectivity index is 1.27. The van der Waals surface area contributed by atoms with Crippen molar-refractivity contribution < 1.29 is 14.3 Å². The summed E-state index contributed by atoms with van der Waals surface area (Å²) in [5, 5.41) is 13.7. The maximum Gasteiger partial charge on any atom is 0.323 e. The Bertz CT molecular complexity index is 1350. The zero-order valence-electron chi connectivity index (χ0n) is 19.6. The minimum Gasteiger partial charge on any atom is -0.490 e. The average Bonchev–Trinajstić information content (AvgIpc) is 3.27. The van der Waals surface area contributed by atoms with Crippen molar-refractivity contribution >= 4 is 50.1 Å². The fourth-order valence-corrected chi connectivity index (χ4v) is 4.59. The van der Waals surface area contributed by atoms with Crippen LogP contribution in [0.15, 0.2) is 65.1 Å². The number of H-pyrrole nitrogens is 1. The van der Waals surface area contributed by atoms with Crippen molar-refractivity contribution in [3.63, 3.8) is 0 Å². The van der Waals surface area contributed by atoms with Crippen LogP contribution in [0.5, 0.6) is 5.75 Å². The Labute approximate surface area is 217 Å². The second kappa shape index (κ2) is 11.0.